The van der Waals surface area contributed by atoms with Crippen LogP contribution in [0.5, 0.6) is 11.5 Å². The molecule has 37 heavy (non-hydrogen) atoms. The van der Waals surface area contributed by atoms with Crippen molar-refractivity contribution in [3.63, 3.8) is 0 Å². The Bertz CT molecular complexity index is 1410. The number of hydrogen-bond acceptors (Lipinski definition) is 7. The van der Waals surface area contributed by atoms with Crippen LogP contribution in [0.2, 0.25) is 0 Å². The second-order valence-electron chi connectivity index (χ2n) is 9.31. The number of methoxy groups -OCH3 is 1. The van der Waals surface area contributed by atoms with Crippen LogP contribution < -0.4 is 20.1 Å². The lowest BCUT2D eigenvalue weighted by Crippen LogP contribution is -2.27. The molecule has 2 N–H and O–H groups in total. The number of rotatable bonds is 6. The third-order valence-corrected chi connectivity index (χ3v) is 7.03. The molecule has 1 aliphatic carbocycles. The van der Waals surface area contributed by atoms with Crippen LogP contribution in [0.15, 0.2) is 71.9 Å². The number of carbonyl (C=O) groups is 1. The van der Waals surface area contributed by atoms with E-state index in [-0.39, 0.29) is 22.3 Å². The van der Waals surface area contributed by atoms with Crippen molar-refractivity contribution in [2.75, 3.05) is 24.4 Å². The van der Waals surface area contributed by atoms with Gasteiger partial charge in [0.05, 0.1) is 36.1 Å². The standard InChI is InChI=1S/C29H29N3O5/c1-4-37-26-12-11-18(16-27(26)36-3)20-13-23-28(25(33)15-20)29(31-22-8-6-5-7-21(22)30-23)19-10-9-17(2)24(14-19)32(34)35/h5-12,14,16,20,29-31H,4,13,15H2,1-3H3/t20-,29-/m0/s1. The predicted molar refractivity (Wildman–Crippen MR) is 142 cm³/mol. The first-order valence-corrected chi connectivity index (χ1v) is 12.3. The largest absolute Gasteiger partial charge is 0.493 e. The minimum atomic E-state index is -0.520. The molecule has 0 aromatic heterocycles. The van der Waals surface area contributed by atoms with E-state index in [1.54, 1.807) is 26.2 Å². The highest BCUT2D eigenvalue weighted by atomic mass is 16.6. The van der Waals surface area contributed by atoms with E-state index < -0.39 is 6.04 Å². The highest BCUT2D eigenvalue weighted by Gasteiger charge is 2.36. The third kappa shape index (κ3) is 4.62. The summed E-state index contributed by atoms with van der Waals surface area (Å²) in [5, 5.41) is 18.7. The maximum atomic E-state index is 13.8. The van der Waals surface area contributed by atoms with E-state index in [9.17, 15) is 14.9 Å². The number of hydrogen-bond donors (Lipinski definition) is 2. The molecular weight excluding hydrogens is 470 g/mol. The van der Waals surface area contributed by atoms with Gasteiger partial charge in [0, 0.05) is 29.3 Å². The molecule has 190 valence electrons. The summed E-state index contributed by atoms with van der Waals surface area (Å²) >= 11 is 0. The molecule has 3 aromatic carbocycles. The zero-order valence-electron chi connectivity index (χ0n) is 21.0. The lowest BCUT2D eigenvalue weighted by Gasteiger charge is -2.30. The number of allylic oxidation sites excluding steroid dienone is 1. The molecule has 0 fully saturated rings. The normalized spacial score (nSPS) is 18.6. The van der Waals surface area contributed by atoms with Crippen LogP contribution in [0, 0.1) is 17.0 Å². The number of carbonyl (C=O) groups excluding carboxylic acids is 1. The average Bonchev–Trinajstić information content (AvgIpc) is 3.06. The molecule has 2 aliphatic rings. The summed E-state index contributed by atoms with van der Waals surface area (Å²) in [6, 6.07) is 18.2. The van der Waals surface area contributed by atoms with Gasteiger partial charge in [0.15, 0.2) is 17.3 Å². The van der Waals surface area contributed by atoms with E-state index in [2.05, 4.69) is 10.6 Å². The van der Waals surface area contributed by atoms with Crippen molar-refractivity contribution in [2.24, 2.45) is 0 Å². The van der Waals surface area contributed by atoms with E-state index in [4.69, 9.17) is 9.47 Å². The Morgan fingerprint density at radius 3 is 2.49 bits per heavy atom. The molecule has 0 unspecified atom stereocenters. The van der Waals surface area contributed by atoms with Crippen LogP contribution in [0.1, 0.15) is 48.4 Å². The Labute approximate surface area is 215 Å². The number of nitro benzene ring substituents is 1. The quantitative estimate of drug-likeness (QED) is 0.303. The molecule has 0 saturated carbocycles. The van der Waals surface area contributed by atoms with E-state index in [0.29, 0.717) is 47.6 Å². The van der Waals surface area contributed by atoms with E-state index in [1.165, 1.54) is 0 Å². The molecule has 1 aliphatic heterocycles. The van der Waals surface area contributed by atoms with Gasteiger partial charge in [-0.15, -0.1) is 0 Å². The Balaban J connectivity index is 1.58. The number of nitrogens with one attached hydrogen (secondary N) is 2. The molecule has 0 radical (unpaired) electrons. The van der Waals surface area contributed by atoms with E-state index in [0.717, 1.165) is 22.6 Å². The molecule has 2 atom stereocenters. The van der Waals surface area contributed by atoms with Crippen LogP contribution in [0.4, 0.5) is 17.1 Å². The Morgan fingerprint density at radius 1 is 1.00 bits per heavy atom. The van der Waals surface area contributed by atoms with Gasteiger partial charge in [0.2, 0.25) is 0 Å². The molecule has 8 heteroatoms. The van der Waals surface area contributed by atoms with Crippen molar-refractivity contribution in [1.29, 1.82) is 0 Å². The van der Waals surface area contributed by atoms with Gasteiger partial charge in [0.1, 0.15) is 0 Å². The van der Waals surface area contributed by atoms with Crippen molar-refractivity contribution in [1.82, 2.24) is 0 Å². The summed E-state index contributed by atoms with van der Waals surface area (Å²) in [6.45, 7) is 4.16. The molecule has 0 spiro atoms. The van der Waals surface area contributed by atoms with Gasteiger partial charge >= 0.3 is 0 Å². The predicted octanol–water partition coefficient (Wildman–Crippen LogP) is 6.29. The summed E-state index contributed by atoms with van der Waals surface area (Å²) in [6.07, 6.45) is 0.929. The Hall–Kier alpha value is -4.33. The summed E-state index contributed by atoms with van der Waals surface area (Å²) in [7, 11) is 1.61. The summed E-state index contributed by atoms with van der Waals surface area (Å²) in [4.78, 5) is 25.1. The van der Waals surface area contributed by atoms with Crippen molar-refractivity contribution in [3.05, 3.63) is 98.7 Å². The Morgan fingerprint density at radius 2 is 1.76 bits per heavy atom. The highest BCUT2D eigenvalue weighted by Crippen LogP contribution is 2.45. The van der Waals surface area contributed by atoms with Crippen molar-refractivity contribution in [2.45, 2.75) is 38.6 Å². The van der Waals surface area contributed by atoms with Gasteiger partial charge in [-0.25, -0.2) is 0 Å². The van der Waals surface area contributed by atoms with Gasteiger partial charge in [0.25, 0.3) is 5.69 Å². The molecule has 0 amide bonds. The van der Waals surface area contributed by atoms with E-state index in [1.807, 2.05) is 55.5 Å². The second kappa shape index (κ2) is 9.97. The zero-order chi connectivity index (χ0) is 26.1. The van der Waals surface area contributed by atoms with Gasteiger partial charge in [-0.05, 0) is 61.6 Å². The lowest BCUT2D eigenvalue weighted by molar-refractivity contribution is -0.385. The molecule has 3 aromatic rings. The first-order valence-electron chi connectivity index (χ1n) is 12.3. The second-order valence-corrected chi connectivity index (χ2v) is 9.31. The Kier molecular flexibility index (Phi) is 6.56. The summed E-state index contributed by atoms with van der Waals surface area (Å²) < 4.78 is 11.2. The smallest absolute Gasteiger partial charge is 0.272 e. The first-order chi connectivity index (χ1) is 17.9. The maximum absolute atomic E-state index is 13.8. The first kappa shape index (κ1) is 24.4. The van der Waals surface area contributed by atoms with Crippen molar-refractivity contribution < 1.29 is 19.2 Å². The number of benzene rings is 3. The number of Topliss-reactive ketones (excluding diaryl/α,β-unsaturated/α-hetero) is 1. The number of aryl methyl sites for hydroxylation is 1. The average molecular weight is 500 g/mol. The van der Waals surface area contributed by atoms with Crippen LogP contribution in [-0.2, 0) is 4.79 Å². The van der Waals surface area contributed by atoms with Gasteiger partial charge in [-0.3, -0.25) is 14.9 Å². The van der Waals surface area contributed by atoms with E-state index >= 15 is 0 Å². The van der Waals surface area contributed by atoms with Crippen LogP contribution in [0.25, 0.3) is 0 Å². The fourth-order valence-electron chi connectivity index (χ4n) is 5.19. The number of para-hydroxylation sites is 2. The minimum absolute atomic E-state index is 0.000126. The fraction of sp³-hybridized carbons (Fsp3) is 0.276. The van der Waals surface area contributed by atoms with Gasteiger partial charge in [-0.1, -0.05) is 30.3 Å². The highest BCUT2D eigenvalue weighted by molar-refractivity contribution is 6.01. The maximum Gasteiger partial charge on any atom is 0.272 e. The van der Waals surface area contributed by atoms with Gasteiger partial charge in [-0.2, -0.15) is 0 Å². The topological polar surface area (TPSA) is 103 Å². The molecule has 0 saturated heterocycles. The molecule has 1 heterocycles. The lowest BCUT2D eigenvalue weighted by atomic mass is 9.78. The number of nitro groups is 1. The SMILES string of the molecule is CCOc1ccc([C@@H]2CC(=O)C3=C(C2)Nc2ccccc2N[C@H]3c2ccc(C)c([N+](=O)[O-])c2)cc1OC. The van der Waals surface area contributed by atoms with Crippen molar-refractivity contribution in [3.8, 4) is 11.5 Å². The number of ether oxygens (including phenoxy) is 2. The number of anilines is 2. The summed E-state index contributed by atoms with van der Waals surface area (Å²) in [5.74, 6) is 1.25. The monoisotopic (exact) mass is 499 g/mol. The zero-order valence-corrected chi connectivity index (χ0v) is 21.0. The molecule has 5 rings (SSSR count). The number of nitrogens with zero attached hydrogens (tertiary/aromatic N) is 1. The van der Waals surface area contributed by atoms with Crippen molar-refractivity contribution >= 4 is 22.8 Å². The van der Waals surface area contributed by atoms with Crippen LogP contribution in [0.3, 0.4) is 0 Å². The number of fused-ring (bicyclic) bond motifs is 1. The minimum Gasteiger partial charge on any atom is -0.493 e. The number of ketones is 1. The summed E-state index contributed by atoms with van der Waals surface area (Å²) in [5.41, 5.74) is 5.41. The van der Waals surface area contributed by atoms with Gasteiger partial charge < -0.3 is 20.1 Å². The van der Waals surface area contributed by atoms with Crippen LogP contribution >= 0.6 is 0 Å². The fourth-order valence-corrected chi connectivity index (χ4v) is 5.19. The third-order valence-electron chi connectivity index (χ3n) is 7.03. The molecular formula is C29H29N3O5. The molecule has 0 bridgehead atoms. The van der Waals surface area contributed by atoms with Crippen LogP contribution in [-0.4, -0.2) is 24.4 Å². The molecule has 8 nitrogen and oxygen atoms in total.